The number of benzene rings is 2. The average molecular weight is 592 g/mol. The first-order chi connectivity index (χ1) is 17.8. The molecule has 2 aromatic rings. The Morgan fingerprint density at radius 2 is 1.89 bits per heavy atom. The molecule has 11 nitrogen and oxygen atoms in total. The van der Waals surface area contributed by atoms with Crippen molar-refractivity contribution in [3.63, 3.8) is 0 Å². The van der Waals surface area contributed by atoms with E-state index in [1.54, 1.807) is 12.1 Å². The second-order valence-electron chi connectivity index (χ2n) is 10.2. The van der Waals surface area contributed by atoms with Crippen LogP contribution in [0.3, 0.4) is 0 Å². The highest BCUT2D eigenvalue weighted by Crippen LogP contribution is 2.30. The number of hydrogen-bond acceptors (Lipinski definition) is 9. The summed E-state index contributed by atoms with van der Waals surface area (Å²) in [6.07, 6.45) is -2.19. The number of phenols is 1. The molecule has 3 atom stereocenters. The molecule has 2 aromatic carbocycles. The summed E-state index contributed by atoms with van der Waals surface area (Å²) in [6.45, 7) is 6.39. The number of nitrogens with one attached hydrogen (secondary N) is 4. The van der Waals surface area contributed by atoms with Crippen molar-refractivity contribution in [1.82, 2.24) is 16.0 Å². The predicted octanol–water partition coefficient (Wildman–Crippen LogP) is 2.10. The first-order valence-corrected chi connectivity index (χ1v) is 12.9. The van der Waals surface area contributed by atoms with Gasteiger partial charge in [-0.1, -0.05) is 42.8 Å². The lowest BCUT2D eigenvalue weighted by Crippen LogP contribution is -2.42. The lowest BCUT2D eigenvalue weighted by molar-refractivity contribution is -0.137. The maximum atomic E-state index is 12.7. The Balaban J connectivity index is 1.66. The van der Waals surface area contributed by atoms with Crippen LogP contribution in [0.2, 0.25) is 0 Å². The molecule has 0 aromatic heterocycles. The molecule has 8 N–H and O–H groups in total. The lowest BCUT2D eigenvalue weighted by Gasteiger charge is -2.24. The molecule has 0 saturated heterocycles. The summed E-state index contributed by atoms with van der Waals surface area (Å²) in [5.74, 6) is -1.27. The number of aliphatic imine (C=N–C) groups is 1. The van der Waals surface area contributed by atoms with Gasteiger partial charge in [-0.05, 0) is 40.8 Å². The lowest BCUT2D eigenvalue weighted by atomic mass is 9.85. The normalized spacial score (nSPS) is 17.1. The summed E-state index contributed by atoms with van der Waals surface area (Å²) >= 11 is 3.47. The average Bonchev–Trinajstić information content (AvgIpc) is 2.82. The molecule has 1 aliphatic rings. The van der Waals surface area contributed by atoms with Gasteiger partial charge in [0.2, 0.25) is 5.91 Å². The summed E-state index contributed by atoms with van der Waals surface area (Å²) in [5.41, 5.74) is 2.19. The van der Waals surface area contributed by atoms with E-state index in [2.05, 4.69) is 42.2 Å². The van der Waals surface area contributed by atoms with Gasteiger partial charge in [-0.3, -0.25) is 19.9 Å². The van der Waals surface area contributed by atoms with Gasteiger partial charge in [0.1, 0.15) is 12.0 Å². The van der Waals surface area contributed by atoms with Gasteiger partial charge in [0.05, 0.1) is 31.7 Å². The number of hydrogen-bond donors (Lipinski definition) is 8. The molecule has 0 fully saturated rings. The van der Waals surface area contributed by atoms with Gasteiger partial charge in [0.15, 0.2) is 5.96 Å². The highest BCUT2D eigenvalue weighted by Gasteiger charge is 2.23. The number of carboxylic acids is 1. The van der Waals surface area contributed by atoms with Gasteiger partial charge in [-0.15, -0.1) is 0 Å². The van der Waals surface area contributed by atoms with E-state index in [0.29, 0.717) is 29.3 Å². The highest BCUT2D eigenvalue weighted by molar-refractivity contribution is 9.10. The van der Waals surface area contributed by atoms with Gasteiger partial charge < -0.3 is 36.4 Å². The number of nitrogens with zero attached hydrogens (tertiary/aromatic N) is 1. The van der Waals surface area contributed by atoms with Gasteiger partial charge >= 0.3 is 5.97 Å². The maximum absolute atomic E-state index is 12.7. The van der Waals surface area contributed by atoms with Crippen LogP contribution >= 0.6 is 15.9 Å². The third kappa shape index (κ3) is 8.69. The number of anilines is 1. The Kier molecular flexibility index (Phi) is 9.71. The Morgan fingerprint density at radius 1 is 1.16 bits per heavy atom. The summed E-state index contributed by atoms with van der Waals surface area (Å²) < 4.78 is 0.775. The van der Waals surface area contributed by atoms with Crippen LogP contribution in [0.25, 0.3) is 0 Å². The van der Waals surface area contributed by atoms with Crippen molar-refractivity contribution < 1.29 is 30.0 Å². The van der Waals surface area contributed by atoms with Crippen molar-refractivity contribution >= 4 is 39.5 Å². The van der Waals surface area contributed by atoms with Crippen molar-refractivity contribution in [1.29, 1.82) is 0 Å². The predicted molar refractivity (Wildman–Crippen MR) is 147 cm³/mol. The van der Waals surface area contributed by atoms with E-state index < -0.39 is 30.3 Å². The Morgan fingerprint density at radius 3 is 2.53 bits per heavy atom. The summed E-state index contributed by atoms with van der Waals surface area (Å²) in [5, 5.41) is 51.0. The zero-order valence-electron chi connectivity index (χ0n) is 21.5. The molecular weight excluding hydrogens is 558 g/mol. The first kappa shape index (κ1) is 29.4. The monoisotopic (exact) mass is 591 g/mol. The van der Waals surface area contributed by atoms with E-state index in [1.807, 2.05) is 32.9 Å². The number of rotatable bonds is 9. The molecule has 3 unspecified atom stereocenters. The number of carboxylic acid groups (broad SMARTS) is 1. The third-order valence-electron chi connectivity index (χ3n) is 5.84. The number of β-amino-alcohol motifs (C(OH)–C–C–N with tert-alkyl or cyclic N) is 1. The van der Waals surface area contributed by atoms with Crippen molar-refractivity contribution in [2.45, 2.75) is 51.0 Å². The minimum absolute atomic E-state index is 0.113. The van der Waals surface area contributed by atoms with E-state index in [4.69, 9.17) is 0 Å². The largest absolute Gasteiger partial charge is 0.508 e. The van der Waals surface area contributed by atoms with Crippen LogP contribution in [0.1, 0.15) is 56.2 Å². The van der Waals surface area contributed by atoms with Crippen LogP contribution in [0.4, 0.5) is 5.69 Å². The topological polar surface area (TPSA) is 176 Å². The SMILES string of the molecule is CC(C)(C)c1cc(Br)cc(C(CC(=O)O)NC(=O)CNC(O)c2cc(O)cc(NC3=NCC(O)CN3)c2)c1. The molecule has 38 heavy (non-hydrogen) atoms. The number of aliphatic hydroxyl groups excluding tert-OH is 2. The Labute approximate surface area is 229 Å². The second kappa shape index (κ2) is 12.6. The van der Waals surface area contributed by atoms with Crippen molar-refractivity contribution in [2.24, 2.45) is 4.99 Å². The summed E-state index contributed by atoms with van der Waals surface area (Å²) in [6, 6.07) is 9.21. The van der Waals surface area contributed by atoms with Crippen LogP contribution in [0.5, 0.6) is 5.75 Å². The smallest absolute Gasteiger partial charge is 0.305 e. The second-order valence-corrected chi connectivity index (χ2v) is 11.1. The molecular formula is C26H34BrN5O6. The third-order valence-corrected chi connectivity index (χ3v) is 6.30. The maximum Gasteiger partial charge on any atom is 0.305 e. The number of aromatic hydroxyl groups is 1. The van der Waals surface area contributed by atoms with E-state index in [-0.39, 0.29) is 30.7 Å². The first-order valence-electron chi connectivity index (χ1n) is 12.1. The number of phenolic OH excluding ortho intramolecular Hbond substituents is 1. The zero-order valence-corrected chi connectivity index (χ0v) is 23.0. The molecule has 12 heteroatoms. The van der Waals surface area contributed by atoms with Gasteiger partial charge in [-0.25, -0.2) is 0 Å². The van der Waals surface area contributed by atoms with E-state index in [1.165, 1.54) is 12.1 Å². The van der Waals surface area contributed by atoms with Crippen LogP contribution in [0, 0.1) is 0 Å². The Bertz CT molecular complexity index is 1200. The molecule has 0 radical (unpaired) electrons. The highest BCUT2D eigenvalue weighted by atomic mass is 79.9. The van der Waals surface area contributed by atoms with Crippen molar-refractivity contribution in [2.75, 3.05) is 25.0 Å². The standard InChI is InChI=1S/C26H34BrN5O6/c1-26(2,3)16-4-14(5-17(27)8-16)21(10-23(36)37)32-22(35)13-28-24(38)15-6-18(9-19(33)7-15)31-25-29-11-20(34)12-30-25/h4-9,20-21,24,28,33-34,38H,10-13H2,1-3H3,(H,32,35)(H,36,37)(H2,29,30,31). The minimum atomic E-state index is -1.30. The number of aliphatic hydroxyl groups is 2. The van der Waals surface area contributed by atoms with Crippen LogP contribution in [-0.4, -0.2) is 64.0 Å². The molecule has 0 saturated carbocycles. The summed E-state index contributed by atoms with van der Waals surface area (Å²) in [4.78, 5) is 28.4. The van der Waals surface area contributed by atoms with E-state index in [9.17, 15) is 30.0 Å². The Hall–Kier alpha value is -3.19. The number of carbonyl (C=O) groups excluding carboxylic acids is 1. The number of amides is 1. The molecule has 3 rings (SSSR count). The van der Waals surface area contributed by atoms with E-state index >= 15 is 0 Å². The molecule has 1 heterocycles. The number of guanidine groups is 1. The molecule has 206 valence electrons. The molecule has 1 aliphatic heterocycles. The van der Waals surface area contributed by atoms with Crippen LogP contribution in [-0.2, 0) is 15.0 Å². The zero-order chi connectivity index (χ0) is 28.0. The number of carbonyl (C=O) groups is 2. The fourth-order valence-corrected chi connectivity index (χ4v) is 4.35. The van der Waals surface area contributed by atoms with Gasteiger partial charge in [0, 0.05) is 28.3 Å². The number of halogens is 1. The van der Waals surface area contributed by atoms with Gasteiger partial charge in [-0.2, -0.15) is 0 Å². The summed E-state index contributed by atoms with van der Waals surface area (Å²) in [7, 11) is 0. The number of aliphatic carboxylic acids is 1. The van der Waals surface area contributed by atoms with Gasteiger partial charge in [0.25, 0.3) is 0 Å². The molecule has 1 amide bonds. The van der Waals surface area contributed by atoms with E-state index in [0.717, 1.165) is 10.0 Å². The minimum Gasteiger partial charge on any atom is -0.508 e. The molecule has 0 spiro atoms. The fraction of sp³-hybridized carbons (Fsp3) is 0.423. The molecule has 0 aliphatic carbocycles. The fourth-order valence-electron chi connectivity index (χ4n) is 3.84. The van der Waals surface area contributed by atoms with Crippen molar-refractivity contribution in [3.05, 3.63) is 57.6 Å². The van der Waals surface area contributed by atoms with Crippen molar-refractivity contribution in [3.8, 4) is 5.75 Å². The van der Waals surface area contributed by atoms with Crippen LogP contribution < -0.4 is 21.3 Å². The molecule has 0 bridgehead atoms. The quantitative estimate of drug-likeness (QED) is 0.203. The van der Waals surface area contributed by atoms with Crippen LogP contribution in [0.15, 0.2) is 45.9 Å².